The van der Waals surface area contributed by atoms with Crippen LogP contribution in [-0.4, -0.2) is 28.5 Å². The normalized spacial score (nSPS) is 10.7. The lowest BCUT2D eigenvalue weighted by molar-refractivity contribution is 0.102. The van der Waals surface area contributed by atoms with E-state index in [0.29, 0.717) is 40.9 Å². The van der Waals surface area contributed by atoms with E-state index in [4.69, 9.17) is 9.47 Å². The first-order valence-electron chi connectivity index (χ1n) is 8.22. The van der Waals surface area contributed by atoms with Crippen molar-refractivity contribution in [1.82, 2.24) is 9.38 Å². The van der Waals surface area contributed by atoms with Gasteiger partial charge in [0, 0.05) is 17.1 Å². The minimum atomic E-state index is -0.411. The van der Waals surface area contributed by atoms with Crippen molar-refractivity contribution < 1.29 is 14.3 Å². The SMILES string of the molecule is CCOc1ccc(C(=O)Nc2c(C)nc3sccn3c2=O)cc1OCC. The molecule has 1 amide bonds. The number of rotatable bonds is 6. The molecule has 0 aliphatic heterocycles. The summed E-state index contributed by atoms with van der Waals surface area (Å²) in [4.78, 5) is 30.1. The van der Waals surface area contributed by atoms with Crippen LogP contribution < -0.4 is 20.3 Å². The number of carbonyl (C=O) groups is 1. The second-order valence-corrected chi connectivity index (χ2v) is 6.29. The molecular weight excluding hydrogens is 354 g/mol. The van der Waals surface area contributed by atoms with Gasteiger partial charge in [-0.1, -0.05) is 0 Å². The van der Waals surface area contributed by atoms with Gasteiger partial charge in [0.05, 0.1) is 18.9 Å². The van der Waals surface area contributed by atoms with Crippen LogP contribution in [0.5, 0.6) is 11.5 Å². The molecule has 0 aliphatic rings. The highest BCUT2D eigenvalue weighted by atomic mass is 32.1. The predicted molar refractivity (Wildman–Crippen MR) is 101 cm³/mol. The molecule has 0 radical (unpaired) electrons. The third kappa shape index (κ3) is 3.41. The van der Waals surface area contributed by atoms with Gasteiger partial charge in [-0.05, 0) is 39.0 Å². The van der Waals surface area contributed by atoms with Gasteiger partial charge >= 0.3 is 0 Å². The Hall–Kier alpha value is -2.87. The first-order chi connectivity index (χ1) is 12.5. The van der Waals surface area contributed by atoms with Crippen LogP contribution in [0.1, 0.15) is 29.9 Å². The third-order valence-corrected chi connectivity index (χ3v) is 4.45. The molecule has 0 fully saturated rings. The Labute approximate surface area is 154 Å². The Balaban J connectivity index is 1.93. The fourth-order valence-corrected chi connectivity index (χ4v) is 3.26. The molecule has 136 valence electrons. The van der Waals surface area contributed by atoms with Crippen molar-refractivity contribution in [2.45, 2.75) is 20.8 Å². The molecule has 1 N–H and O–H groups in total. The molecule has 0 bridgehead atoms. The van der Waals surface area contributed by atoms with Crippen LogP contribution in [0.3, 0.4) is 0 Å². The first kappa shape index (κ1) is 17.9. The minimum absolute atomic E-state index is 0.165. The summed E-state index contributed by atoms with van der Waals surface area (Å²) in [6.07, 6.45) is 1.63. The fourth-order valence-electron chi connectivity index (χ4n) is 2.50. The van der Waals surface area contributed by atoms with E-state index >= 15 is 0 Å². The number of carbonyl (C=O) groups excluding carboxylic acids is 1. The second kappa shape index (κ2) is 7.57. The summed E-state index contributed by atoms with van der Waals surface area (Å²) in [5.74, 6) is 0.650. The topological polar surface area (TPSA) is 81.9 Å². The standard InChI is InChI=1S/C18H19N3O4S/c1-4-24-13-7-6-12(10-14(13)25-5-2)16(22)20-15-11(3)19-18-21(17(15)23)8-9-26-18/h6-10H,4-5H2,1-3H3,(H,20,22). The number of amides is 1. The lowest BCUT2D eigenvalue weighted by Gasteiger charge is -2.13. The van der Waals surface area contributed by atoms with Crippen molar-refractivity contribution >= 4 is 27.9 Å². The number of ether oxygens (including phenoxy) is 2. The van der Waals surface area contributed by atoms with Gasteiger partial charge in [-0.15, -0.1) is 11.3 Å². The van der Waals surface area contributed by atoms with Gasteiger partial charge in [-0.3, -0.25) is 14.0 Å². The summed E-state index contributed by atoms with van der Waals surface area (Å²) >= 11 is 1.36. The van der Waals surface area contributed by atoms with E-state index in [1.807, 2.05) is 13.8 Å². The van der Waals surface area contributed by atoms with Crippen LogP contribution in [0.15, 0.2) is 34.6 Å². The Bertz CT molecular complexity index is 1010. The molecular formula is C18H19N3O4S. The summed E-state index contributed by atoms with van der Waals surface area (Å²) < 4.78 is 12.5. The predicted octanol–water partition coefficient (Wildman–Crippen LogP) is 3.11. The molecule has 0 saturated heterocycles. The zero-order valence-electron chi connectivity index (χ0n) is 14.7. The minimum Gasteiger partial charge on any atom is -0.490 e. The molecule has 0 aliphatic carbocycles. The number of hydrogen-bond acceptors (Lipinski definition) is 6. The van der Waals surface area contributed by atoms with Crippen LogP contribution >= 0.6 is 11.3 Å². The summed E-state index contributed by atoms with van der Waals surface area (Å²) in [5, 5.41) is 4.44. The Morgan fingerprint density at radius 1 is 1.23 bits per heavy atom. The summed E-state index contributed by atoms with van der Waals surface area (Å²) in [6.45, 7) is 6.37. The molecule has 2 heterocycles. The van der Waals surface area contributed by atoms with E-state index in [9.17, 15) is 9.59 Å². The number of aryl methyl sites for hydroxylation is 1. The van der Waals surface area contributed by atoms with E-state index < -0.39 is 5.91 Å². The second-order valence-electron chi connectivity index (χ2n) is 5.41. The van der Waals surface area contributed by atoms with Crippen LogP contribution in [0, 0.1) is 6.92 Å². The quantitative estimate of drug-likeness (QED) is 0.718. The third-order valence-electron chi connectivity index (χ3n) is 3.69. The van der Waals surface area contributed by atoms with E-state index in [-0.39, 0.29) is 11.2 Å². The average Bonchev–Trinajstić information content (AvgIpc) is 3.08. The van der Waals surface area contributed by atoms with Crippen molar-refractivity contribution in [2.75, 3.05) is 18.5 Å². The maximum absolute atomic E-state index is 12.6. The number of thiazole rings is 1. The summed E-state index contributed by atoms with van der Waals surface area (Å²) in [6, 6.07) is 4.92. The highest BCUT2D eigenvalue weighted by molar-refractivity contribution is 7.15. The average molecular weight is 373 g/mol. The molecule has 3 rings (SSSR count). The van der Waals surface area contributed by atoms with Gasteiger partial charge in [-0.25, -0.2) is 4.98 Å². The largest absolute Gasteiger partial charge is 0.490 e. The number of nitrogens with zero attached hydrogens (tertiary/aromatic N) is 2. The molecule has 0 saturated carbocycles. The van der Waals surface area contributed by atoms with Crippen LogP contribution in [0.4, 0.5) is 5.69 Å². The van der Waals surface area contributed by atoms with Crippen molar-refractivity contribution in [3.63, 3.8) is 0 Å². The smallest absolute Gasteiger partial charge is 0.282 e. The molecule has 3 aromatic rings. The van der Waals surface area contributed by atoms with Gasteiger partial charge < -0.3 is 14.8 Å². The number of aromatic nitrogens is 2. The van der Waals surface area contributed by atoms with Crippen molar-refractivity contribution in [3.8, 4) is 11.5 Å². The lowest BCUT2D eigenvalue weighted by Crippen LogP contribution is -2.24. The number of anilines is 1. The molecule has 8 heteroatoms. The van der Waals surface area contributed by atoms with Gasteiger partial charge in [-0.2, -0.15) is 0 Å². The van der Waals surface area contributed by atoms with E-state index in [2.05, 4.69) is 10.3 Å². The zero-order chi connectivity index (χ0) is 18.7. The van der Waals surface area contributed by atoms with Crippen molar-refractivity contribution in [2.24, 2.45) is 0 Å². The van der Waals surface area contributed by atoms with Crippen LogP contribution in [0.2, 0.25) is 0 Å². The molecule has 0 atom stereocenters. The van der Waals surface area contributed by atoms with Crippen molar-refractivity contribution in [3.05, 3.63) is 51.4 Å². The molecule has 0 spiro atoms. The number of hydrogen-bond donors (Lipinski definition) is 1. The highest BCUT2D eigenvalue weighted by Gasteiger charge is 2.16. The van der Waals surface area contributed by atoms with E-state index in [0.717, 1.165) is 0 Å². The van der Waals surface area contributed by atoms with Gasteiger partial charge in [0.2, 0.25) is 0 Å². The molecule has 7 nitrogen and oxygen atoms in total. The molecule has 26 heavy (non-hydrogen) atoms. The zero-order valence-corrected chi connectivity index (χ0v) is 15.6. The monoisotopic (exact) mass is 373 g/mol. The molecule has 0 unspecified atom stereocenters. The maximum atomic E-state index is 12.6. The van der Waals surface area contributed by atoms with Gasteiger partial charge in [0.15, 0.2) is 16.5 Å². The first-order valence-corrected chi connectivity index (χ1v) is 9.10. The van der Waals surface area contributed by atoms with Gasteiger partial charge in [0.1, 0.15) is 5.69 Å². The van der Waals surface area contributed by atoms with Crippen LogP contribution in [-0.2, 0) is 0 Å². The van der Waals surface area contributed by atoms with E-state index in [1.165, 1.54) is 15.7 Å². The Kier molecular flexibility index (Phi) is 5.22. The summed E-state index contributed by atoms with van der Waals surface area (Å²) in [7, 11) is 0. The van der Waals surface area contributed by atoms with Crippen molar-refractivity contribution in [1.29, 1.82) is 0 Å². The maximum Gasteiger partial charge on any atom is 0.282 e. The molecule has 1 aromatic carbocycles. The van der Waals surface area contributed by atoms with Gasteiger partial charge in [0.25, 0.3) is 11.5 Å². The Morgan fingerprint density at radius 3 is 2.69 bits per heavy atom. The number of nitrogens with one attached hydrogen (secondary N) is 1. The van der Waals surface area contributed by atoms with E-state index in [1.54, 1.807) is 36.7 Å². The van der Waals surface area contributed by atoms with Crippen LogP contribution in [0.25, 0.3) is 4.96 Å². The lowest BCUT2D eigenvalue weighted by atomic mass is 10.2. The summed E-state index contributed by atoms with van der Waals surface area (Å²) in [5.41, 5.74) is 0.698. The highest BCUT2D eigenvalue weighted by Crippen LogP contribution is 2.29. The fraction of sp³-hybridized carbons (Fsp3) is 0.278. The Morgan fingerprint density at radius 2 is 1.96 bits per heavy atom. The molecule has 2 aromatic heterocycles. The number of fused-ring (bicyclic) bond motifs is 1. The number of benzene rings is 1.